The maximum Gasteiger partial charge on any atom is 0.410 e. The average molecular weight is 394 g/mol. The van der Waals surface area contributed by atoms with Gasteiger partial charge in [0.25, 0.3) is 0 Å². The van der Waals surface area contributed by atoms with Crippen LogP contribution in [0.3, 0.4) is 0 Å². The number of halogens is 1. The van der Waals surface area contributed by atoms with Crippen molar-refractivity contribution in [2.24, 2.45) is 5.92 Å². The fourth-order valence-corrected chi connectivity index (χ4v) is 3.46. The van der Waals surface area contributed by atoms with Crippen LogP contribution in [0.25, 0.3) is 0 Å². The van der Waals surface area contributed by atoms with Crippen molar-refractivity contribution in [3.05, 3.63) is 48.0 Å². The third-order valence-electron chi connectivity index (χ3n) is 4.69. The monoisotopic (exact) mass is 393 g/mol. The Kier molecular flexibility index (Phi) is 8.37. The van der Waals surface area contributed by atoms with Gasteiger partial charge in [0.15, 0.2) is 0 Å². The zero-order chi connectivity index (χ0) is 17.2. The molecule has 1 aliphatic rings. The van der Waals surface area contributed by atoms with Gasteiger partial charge in [0.05, 0.1) is 0 Å². The van der Waals surface area contributed by atoms with Gasteiger partial charge in [0.2, 0.25) is 0 Å². The fourth-order valence-electron chi connectivity index (χ4n) is 3.14. The van der Waals surface area contributed by atoms with Gasteiger partial charge in [-0.3, -0.25) is 0 Å². The average Bonchev–Trinajstić information content (AvgIpc) is 2.64. The maximum absolute atomic E-state index is 12.2. The van der Waals surface area contributed by atoms with E-state index in [1.54, 1.807) is 4.90 Å². The Morgan fingerprint density at radius 1 is 1.25 bits per heavy atom. The van der Waals surface area contributed by atoms with E-state index in [2.05, 4.69) is 28.1 Å². The van der Waals surface area contributed by atoms with Gasteiger partial charge in [-0.1, -0.05) is 58.4 Å². The first kappa shape index (κ1) is 19.0. The molecule has 3 nitrogen and oxygen atoms in total. The molecule has 0 unspecified atom stereocenters. The Morgan fingerprint density at radius 3 is 2.62 bits per heavy atom. The Bertz CT molecular complexity index is 510. The molecule has 2 rings (SSSR count). The molecule has 0 atom stereocenters. The summed E-state index contributed by atoms with van der Waals surface area (Å²) in [6, 6.07) is 10.1. The van der Waals surface area contributed by atoms with Crippen LogP contribution in [-0.2, 0) is 11.3 Å². The first-order chi connectivity index (χ1) is 11.7. The Hall–Kier alpha value is -1.29. The van der Waals surface area contributed by atoms with Crippen LogP contribution in [0.15, 0.2) is 42.5 Å². The van der Waals surface area contributed by atoms with Crippen LogP contribution in [0, 0.1) is 5.92 Å². The summed E-state index contributed by atoms with van der Waals surface area (Å²) in [6.45, 7) is 0.343. The summed E-state index contributed by atoms with van der Waals surface area (Å²) in [5.41, 5.74) is 1.02. The molecule has 0 heterocycles. The van der Waals surface area contributed by atoms with E-state index in [9.17, 15) is 4.79 Å². The molecule has 1 amide bonds. The second-order valence-corrected chi connectivity index (χ2v) is 7.27. The first-order valence-electron chi connectivity index (χ1n) is 8.87. The molecule has 0 radical (unpaired) electrons. The van der Waals surface area contributed by atoms with E-state index in [4.69, 9.17) is 4.74 Å². The van der Waals surface area contributed by atoms with Crippen LogP contribution in [0.4, 0.5) is 4.79 Å². The van der Waals surface area contributed by atoms with E-state index in [0.29, 0.717) is 18.6 Å². The van der Waals surface area contributed by atoms with E-state index < -0.39 is 0 Å². The van der Waals surface area contributed by atoms with E-state index in [-0.39, 0.29) is 6.09 Å². The van der Waals surface area contributed by atoms with Crippen LogP contribution in [0.5, 0.6) is 0 Å². The number of ether oxygens (including phenoxy) is 1. The zero-order valence-corrected chi connectivity index (χ0v) is 16.1. The summed E-state index contributed by atoms with van der Waals surface area (Å²) in [4.78, 5) is 14.0. The van der Waals surface area contributed by atoms with Crippen LogP contribution in [0.2, 0.25) is 0 Å². The van der Waals surface area contributed by atoms with E-state index in [1.807, 2.05) is 37.4 Å². The number of amides is 1. The number of nitrogens with zero attached hydrogens (tertiary/aromatic N) is 1. The minimum absolute atomic E-state index is 0.213. The summed E-state index contributed by atoms with van der Waals surface area (Å²) in [5.74, 6) is 0.672. The first-order valence-corrected chi connectivity index (χ1v) is 9.99. The lowest BCUT2D eigenvalue weighted by Gasteiger charge is -2.33. The summed E-state index contributed by atoms with van der Waals surface area (Å²) in [6.07, 6.45) is 11.2. The maximum atomic E-state index is 12.2. The summed E-state index contributed by atoms with van der Waals surface area (Å²) in [7, 11) is 1.87. The van der Waals surface area contributed by atoms with Crippen molar-refractivity contribution in [3.8, 4) is 0 Å². The van der Waals surface area contributed by atoms with Crippen LogP contribution in [-0.4, -0.2) is 29.4 Å². The van der Waals surface area contributed by atoms with Gasteiger partial charge in [-0.15, -0.1) is 0 Å². The van der Waals surface area contributed by atoms with Gasteiger partial charge in [-0.05, 0) is 50.0 Å². The molecule has 4 heteroatoms. The normalized spacial score (nSPS) is 20.9. The summed E-state index contributed by atoms with van der Waals surface area (Å²) in [5, 5.41) is 1.07. The number of hydrogen-bond donors (Lipinski definition) is 0. The number of benzene rings is 1. The molecule has 0 bridgehead atoms. The largest absolute Gasteiger partial charge is 0.445 e. The molecule has 0 aromatic heterocycles. The third kappa shape index (κ3) is 6.31. The van der Waals surface area contributed by atoms with Gasteiger partial charge in [0, 0.05) is 18.4 Å². The SMILES string of the molecule is CN(C(=O)OCc1ccccc1)C1CCC(C=CCCCBr)CC1. The van der Waals surface area contributed by atoms with Gasteiger partial charge in [0.1, 0.15) is 6.61 Å². The Labute approximate surface area is 154 Å². The zero-order valence-electron chi connectivity index (χ0n) is 14.5. The second-order valence-electron chi connectivity index (χ2n) is 6.48. The van der Waals surface area contributed by atoms with E-state index in [0.717, 1.165) is 43.0 Å². The Morgan fingerprint density at radius 2 is 1.96 bits per heavy atom. The van der Waals surface area contributed by atoms with E-state index >= 15 is 0 Å². The topological polar surface area (TPSA) is 29.5 Å². The Balaban J connectivity index is 1.70. The second kappa shape index (κ2) is 10.5. The molecular weight excluding hydrogens is 366 g/mol. The highest BCUT2D eigenvalue weighted by atomic mass is 79.9. The molecule has 0 N–H and O–H groups in total. The molecular formula is C20H28BrNO2. The summed E-state index contributed by atoms with van der Waals surface area (Å²) < 4.78 is 5.43. The molecule has 24 heavy (non-hydrogen) atoms. The number of rotatable bonds is 7. The van der Waals surface area contributed by atoms with Crippen molar-refractivity contribution in [3.63, 3.8) is 0 Å². The van der Waals surface area contributed by atoms with Gasteiger partial charge >= 0.3 is 6.09 Å². The molecule has 1 aromatic rings. The van der Waals surface area contributed by atoms with Crippen molar-refractivity contribution in [2.45, 2.75) is 51.2 Å². The lowest BCUT2D eigenvalue weighted by molar-refractivity contribution is 0.0811. The highest BCUT2D eigenvalue weighted by Gasteiger charge is 2.26. The lowest BCUT2D eigenvalue weighted by Crippen LogP contribution is -2.39. The van der Waals surface area contributed by atoms with E-state index in [1.165, 1.54) is 6.42 Å². The predicted octanol–water partition coefficient (Wildman–Crippen LogP) is 5.55. The van der Waals surface area contributed by atoms with Crippen LogP contribution < -0.4 is 0 Å². The number of allylic oxidation sites excluding steroid dienone is 2. The molecule has 1 fully saturated rings. The molecule has 0 spiro atoms. The van der Waals surface area contributed by atoms with Crippen LogP contribution >= 0.6 is 15.9 Å². The molecule has 1 saturated carbocycles. The smallest absolute Gasteiger partial charge is 0.410 e. The number of carbonyl (C=O) groups excluding carboxylic acids is 1. The van der Waals surface area contributed by atoms with Crippen molar-refractivity contribution < 1.29 is 9.53 Å². The van der Waals surface area contributed by atoms with Crippen LogP contribution in [0.1, 0.15) is 44.1 Å². The number of unbranched alkanes of at least 4 members (excludes halogenated alkanes) is 1. The van der Waals surface area contributed by atoms with Gasteiger partial charge in [-0.2, -0.15) is 0 Å². The number of hydrogen-bond acceptors (Lipinski definition) is 2. The number of alkyl halides is 1. The summed E-state index contributed by atoms with van der Waals surface area (Å²) >= 11 is 3.46. The third-order valence-corrected chi connectivity index (χ3v) is 5.26. The lowest BCUT2D eigenvalue weighted by atomic mass is 9.85. The van der Waals surface area contributed by atoms with Crippen molar-refractivity contribution in [1.82, 2.24) is 4.90 Å². The molecule has 0 saturated heterocycles. The van der Waals surface area contributed by atoms with Gasteiger partial charge < -0.3 is 9.64 Å². The fraction of sp³-hybridized carbons (Fsp3) is 0.550. The minimum atomic E-state index is -0.213. The van der Waals surface area contributed by atoms with Gasteiger partial charge in [-0.25, -0.2) is 4.79 Å². The quantitative estimate of drug-likeness (QED) is 0.345. The highest BCUT2D eigenvalue weighted by Crippen LogP contribution is 2.28. The number of carbonyl (C=O) groups is 1. The molecule has 1 aliphatic carbocycles. The molecule has 1 aromatic carbocycles. The molecule has 132 valence electrons. The molecule has 0 aliphatic heterocycles. The predicted molar refractivity (Wildman–Crippen MR) is 102 cm³/mol. The standard InChI is InChI=1S/C20H28BrNO2/c1-22(20(23)24-16-18-9-4-2-5-10-18)19-13-11-17(12-14-19)8-6-3-7-15-21/h2,4-6,8-10,17,19H,3,7,11-16H2,1H3. The minimum Gasteiger partial charge on any atom is -0.445 e. The van der Waals surface area contributed by atoms with Crippen molar-refractivity contribution in [2.75, 3.05) is 12.4 Å². The van der Waals surface area contributed by atoms with Crippen molar-refractivity contribution >= 4 is 22.0 Å². The highest BCUT2D eigenvalue weighted by molar-refractivity contribution is 9.09. The van der Waals surface area contributed by atoms with Crippen molar-refractivity contribution in [1.29, 1.82) is 0 Å².